The molecule has 3 nitrogen and oxygen atoms in total. The molecule has 0 unspecified atom stereocenters. The molecule has 5 heteroatoms. The molecule has 3 rings (SSSR count). The van der Waals surface area contributed by atoms with Gasteiger partial charge in [0.25, 0.3) is 0 Å². The van der Waals surface area contributed by atoms with Gasteiger partial charge in [-0.15, -0.1) is 22.9 Å². The Bertz CT molecular complexity index is 810. The topological polar surface area (TPSA) is 41.6 Å². The third kappa shape index (κ3) is 2.31. The number of aromatic nitrogens is 2. The Morgan fingerprint density at radius 2 is 2.20 bits per heavy atom. The fraction of sp³-hybridized carbons (Fsp3) is 0.200. The third-order valence-corrected chi connectivity index (χ3v) is 4.41. The van der Waals surface area contributed by atoms with Crippen molar-refractivity contribution in [3.8, 4) is 6.07 Å². The van der Waals surface area contributed by atoms with Gasteiger partial charge in [0.1, 0.15) is 5.82 Å². The Balaban J connectivity index is 2.13. The first kappa shape index (κ1) is 13.2. The van der Waals surface area contributed by atoms with Crippen molar-refractivity contribution >= 4 is 34.0 Å². The van der Waals surface area contributed by atoms with Gasteiger partial charge < -0.3 is 4.57 Å². The highest BCUT2D eigenvalue weighted by Gasteiger charge is 2.11. The van der Waals surface area contributed by atoms with Crippen LogP contribution >= 0.6 is 22.9 Å². The first-order valence-electron chi connectivity index (χ1n) is 6.22. The molecule has 0 amide bonds. The summed E-state index contributed by atoms with van der Waals surface area (Å²) < 4.78 is 2.09. The highest BCUT2D eigenvalue weighted by molar-refractivity contribution is 7.11. The number of hydrogen-bond acceptors (Lipinski definition) is 3. The molecular weight excluding hydrogens is 290 g/mol. The Labute approximate surface area is 126 Å². The summed E-state index contributed by atoms with van der Waals surface area (Å²) >= 11 is 7.77. The summed E-state index contributed by atoms with van der Waals surface area (Å²) in [5, 5.41) is 9.04. The van der Waals surface area contributed by atoms with Gasteiger partial charge in [0, 0.05) is 9.75 Å². The number of fused-ring (bicyclic) bond motifs is 1. The van der Waals surface area contributed by atoms with Crippen LogP contribution in [0.2, 0.25) is 0 Å². The van der Waals surface area contributed by atoms with E-state index in [1.807, 2.05) is 12.1 Å². The molecule has 0 aliphatic rings. The molecule has 1 aromatic carbocycles. The van der Waals surface area contributed by atoms with Crippen molar-refractivity contribution in [3.63, 3.8) is 0 Å². The second kappa shape index (κ2) is 5.28. The predicted octanol–water partition coefficient (Wildman–Crippen LogP) is 4.07. The summed E-state index contributed by atoms with van der Waals surface area (Å²) in [5.41, 5.74) is 2.49. The quantitative estimate of drug-likeness (QED) is 0.684. The molecule has 0 saturated carbocycles. The Morgan fingerprint density at radius 3 is 2.85 bits per heavy atom. The summed E-state index contributed by atoms with van der Waals surface area (Å²) in [7, 11) is 0. The molecule has 2 heterocycles. The molecule has 0 atom stereocenters. The zero-order valence-electron chi connectivity index (χ0n) is 10.9. The average Bonchev–Trinajstić information content (AvgIpc) is 3.03. The van der Waals surface area contributed by atoms with Crippen molar-refractivity contribution in [2.24, 2.45) is 0 Å². The van der Waals surface area contributed by atoms with Crippen molar-refractivity contribution in [2.45, 2.75) is 19.3 Å². The van der Waals surface area contributed by atoms with Crippen LogP contribution in [0.1, 0.15) is 21.1 Å². The first-order valence-corrected chi connectivity index (χ1v) is 7.57. The lowest BCUT2D eigenvalue weighted by atomic mass is 10.2. The zero-order valence-corrected chi connectivity index (χ0v) is 12.5. The molecule has 0 N–H and O–H groups in total. The summed E-state index contributed by atoms with van der Waals surface area (Å²) in [4.78, 5) is 7.08. The first-order chi connectivity index (χ1) is 9.71. The van der Waals surface area contributed by atoms with Crippen molar-refractivity contribution in [2.75, 3.05) is 0 Å². The molecule has 0 radical (unpaired) electrons. The maximum Gasteiger partial charge on any atom is 0.125 e. The Hall–Kier alpha value is -1.83. The summed E-state index contributed by atoms with van der Waals surface area (Å²) in [6, 6.07) is 11.9. The third-order valence-electron chi connectivity index (χ3n) is 3.19. The average molecular weight is 302 g/mol. The number of nitriles is 1. The number of benzene rings is 1. The lowest BCUT2D eigenvalue weighted by Crippen LogP contribution is -2.02. The number of halogens is 1. The fourth-order valence-electron chi connectivity index (χ4n) is 2.25. The Morgan fingerprint density at radius 1 is 1.35 bits per heavy atom. The van der Waals surface area contributed by atoms with Crippen LogP contribution in [0.5, 0.6) is 0 Å². The lowest BCUT2D eigenvalue weighted by molar-refractivity contribution is 0.789. The van der Waals surface area contributed by atoms with E-state index in [9.17, 15) is 0 Å². The summed E-state index contributed by atoms with van der Waals surface area (Å²) in [6.07, 6.45) is 0. The lowest BCUT2D eigenvalue weighted by Gasteiger charge is -2.06. The van der Waals surface area contributed by atoms with Crippen LogP contribution in [0.15, 0.2) is 30.3 Å². The minimum absolute atomic E-state index is 0.362. The zero-order chi connectivity index (χ0) is 14.1. The molecule has 0 saturated heterocycles. The number of nitrogens with zero attached hydrogens (tertiary/aromatic N) is 3. The number of imidazole rings is 1. The number of alkyl halides is 1. The number of rotatable bonds is 3. The molecule has 0 fully saturated rings. The van der Waals surface area contributed by atoms with Crippen LogP contribution in [0, 0.1) is 18.3 Å². The SMILES string of the molecule is Cc1ccc(Cn2c(CCl)nc3ccc(C#N)cc32)s1. The van der Waals surface area contributed by atoms with Crippen LogP contribution in [0.4, 0.5) is 0 Å². The van der Waals surface area contributed by atoms with Crippen molar-refractivity contribution < 1.29 is 0 Å². The highest BCUT2D eigenvalue weighted by Crippen LogP contribution is 2.23. The van der Waals surface area contributed by atoms with Crippen molar-refractivity contribution in [1.29, 1.82) is 5.26 Å². The maximum absolute atomic E-state index is 9.04. The minimum Gasteiger partial charge on any atom is -0.322 e. The number of aryl methyl sites for hydroxylation is 1. The van der Waals surface area contributed by atoms with Gasteiger partial charge in [-0.3, -0.25) is 0 Å². The Kier molecular flexibility index (Phi) is 3.47. The molecule has 3 aromatic rings. The largest absolute Gasteiger partial charge is 0.322 e. The van der Waals surface area contributed by atoms with E-state index in [4.69, 9.17) is 16.9 Å². The fourth-order valence-corrected chi connectivity index (χ4v) is 3.33. The summed E-state index contributed by atoms with van der Waals surface area (Å²) in [5.74, 6) is 1.20. The van der Waals surface area contributed by atoms with E-state index in [1.54, 1.807) is 17.4 Å². The van der Waals surface area contributed by atoms with Gasteiger partial charge in [0.05, 0.1) is 35.1 Å². The molecule has 20 heavy (non-hydrogen) atoms. The van der Waals surface area contributed by atoms with Gasteiger partial charge >= 0.3 is 0 Å². The molecule has 0 bridgehead atoms. The van der Waals surface area contributed by atoms with E-state index in [1.165, 1.54) is 9.75 Å². The minimum atomic E-state index is 0.362. The van der Waals surface area contributed by atoms with E-state index in [0.717, 1.165) is 23.4 Å². The monoisotopic (exact) mass is 301 g/mol. The molecule has 0 spiro atoms. The molecule has 2 aromatic heterocycles. The van der Waals surface area contributed by atoms with E-state index >= 15 is 0 Å². The molecule has 100 valence electrons. The van der Waals surface area contributed by atoms with Gasteiger partial charge in [0.15, 0.2) is 0 Å². The van der Waals surface area contributed by atoms with E-state index in [0.29, 0.717) is 11.4 Å². The second-order valence-electron chi connectivity index (χ2n) is 4.58. The second-order valence-corrected chi connectivity index (χ2v) is 6.22. The molecule has 0 aliphatic heterocycles. The molecule has 0 aliphatic carbocycles. The smallest absolute Gasteiger partial charge is 0.125 e. The number of thiophene rings is 1. The maximum atomic E-state index is 9.04. The van der Waals surface area contributed by atoms with Crippen LogP contribution in [0.3, 0.4) is 0 Å². The van der Waals surface area contributed by atoms with Crippen molar-refractivity contribution in [1.82, 2.24) is 9.55 Å². The van der Waals surface area contributed by atoms with Crippen LogP contribution in [-0.4, -0.2) is 9.55 Å². The van der Waals surface area contributed by atoms with E-state index in [-0.39, 0.29) is 0 Å². The van der Waals surface area contributed by atoms with Gasteiger partial charge in [-0.05, 0) is 37.3 Å². The van der Waals surface area contributed by atoms with Crippen LogP contribution in [0.25, 0.3) is 11.0 Å². The number of hydrogen-bond donors (Lipinski definition) is 0. The van der Waals surface area contributed by atoms with Gasteiger partial charge in [-0.1, -0.05) is 0 Å². The van der Waals surface area contributed by atoms with E-state index in [2.05, 4.69) is 34.7 Å². The van der Waals surface area contributed by atoms with Gasteiger partial charge in [-0.2, -0.15) is 5.26 Å². The van der Waals surface area contributed by atoms with Crippen molar-refractivity contribution in [3.05, 3.63) is 51.5 Å². The normalized spacial score (nSPS) is 10.8. The molecular formula is C15H12ClN3S. The van der Waals surface area contributed by atoms with Gasteiger partial charge in [-0.25, -0.2) is 4.98 Å². The van der Waals surface area contributed by atoms with Crippen LogP contribution < -0.4 is 0 Å². The standard InChI is InChI=1S/C15H12ClN3S/c1-10-2-4-12(20-10)9-19-14-6-11(8-17)3-5-13(14)18-15(19)7-16/h2-6H,7,9H2,1H3. The van der Waals surface area contributed by atoms with E-state index < -0.39 is 0 Å². The predicted molar refractivity (Wildman–Crippen MR) is 82.2 cm³/mol. The highest BCUT2D eigenvalue weighted by atomic mass is 35.5. The summed E-state index contributed by atoms with van der Waals surface area (Å²) in [6.45, 7) is 2.84. The van der Waals surface area contributed by atoms with Crippen LogP contribution in [-0.2, 0) is 12.4 Å². The van der Waals surface area contributed by atoms with Gasteiger partial charge in [0.2, 0.25) is 0 Å².